The Morgan fingerprint density at radius 2 is 2.00 bits per heavy atom. The molecule has 1 atom stereocenters. The average Bonchev–Trinajstić information content (AvgIpc) is 2.84. The van der Waals surface area contributed by atoms with E-state index in [4.69, 9.17) is 10.8 Å². The molecule has 23 heavy (non-hydrogen) atoms. The highest BCUT2D eigenvalue weighted by molar-refractivity contribution is 6.17. The van der Waals surface area contributed by atoms with Crippen LogP contribution in [0.1, 0.15) is 5.56 Å². The van der Waals surface area contributed by atoms with Crippen molar-refractivity contribution >= 4 is 33.2 Å². The molecule has 0 saturated heterocycles. The van der Waals surface area contributed by atoms with Gasteiger partial charge >= 0.3 is 0 Å². The smallest absolute Gasteiger partial charge is 0.0945 e. The largest absolute Gasteiger partial charge is 0.398 e. The molecule has 1 aromatic heterocycles. The van der Waals surface area contributed by atoms with Crippen LogP contribution in [-0.2, 0) is 7.05 Å². The molecule has 0 spiro atoms. The van der Waals surface area contributed by atoms with Gasteiger partial charge in [-0.25, -0.2) is 0 Å². The van der Waals surface area contributed by atoms with Crippen LogP contribution in [0.2, 0.25) is 0 Å². The molecule has 1 unspecified atom stereocenters. The highest BCUT2D eigenvalue weighted by Crippen LogP contribution is 2.39. The van der Waals surface area contributed by atoms with Gasteiger partial charge in [-0.2, -0.15) is 0 Å². The molecule has 0 aliphatic carbocycles. The molecule has 0 aliphatic rings. The number of fused-ring (bicyclic) bond motifs is 3. The highest BCUT2D eigenvalue weighted by Gasteiger charge is 2.19. The average molecular weight is 313 g/mol. The maximum absolute atomic E-state index is 9.77. The predicted molar refractivity (Wildman–Crippen MR) is 95.9 cm³/mol. The Kier molecular flexibility index (Phi) is 3.92. The normalized spacial score (nSPS) is 12.9. The van der Waals surface area contributed by atoms with E-state index >= 15 is 0 Å². The lowest BCUT2D eigenvalue weighted by Crippen LogP contribution is -2.31. The molecule has 0 saturated carbocycles. The third kappa shape index (κ3) is 2.42. The van der Waals surface area contributed by atoms with Gasteiger partial charge in [-0.05, 0) is 24.6 Å². The van der Waals surface area contributed by atoms with E-state index in [2.05, 4.69) is 16.7 Å². The van der Waals surface area contributed by atoms with E-state index < -0.39 is 6.10 Å². The van der Waals surface area contributed by atoms with Crippen molar-refractivity contribution < 1.29 is 10.2 Å². The van der Waals surface area contributed by atoms with E-state index in [-0.39, 0.29) is 6.61 Å². The summed E-state index contributed by atoms with van der Waals surface area (Å²) >= 11 is 0. The number of nitrogens with zero attached hydrogens (tertiary/aromatic N) is 2. The summed E-state index contributed by atoms with van der Waals surface area (Å²) in [5.41, 5.74) is 11.3. The zero-order valence-corrected chi connectivity index (χ0v) is 13.7. The Hall–Kier alpha value is -2.24. The lowest BCUT2D eigenvalue weighted by Gasteiger charge is -2.24. The summed E-state index contributed by atoms with van der Waals surface area (Å²) in [6.07, 6.45) is -0.775. The fourth-order valence-electron chi connectivity index (χ4n) is 3.28. The predicted octanol–water partition coefficient (Wildman–Crippen LogP) is 2.01. The minimum atomic E-state index is -0.775. The molecule has 0 aliphatic heterocycles. The minimum absolute atomic E-state index is 0.253. The number of hydrogen-bond acceptors (Lipinski definition) is 4. The van der Waals surface area contributed by atoms with Crippen LogP contribution in [-0.4, -0.2) is 41.1 Å². The fourth-order valence-corrected chi connectivity index (χ4v) is 3.28. The summed E-state index contributed by atoms with van der Waals surface area (Å²) in [5.74, 6) is 0. The van der Waals surface area contributed by atoms with Crippen molar-refractivity contribution in [2.45, 2.75) is 13.0 Å². The Morgan fingerprint density at radius 1 is 1.30 bits per heavy atom. The molecule has 5 nitrogen and oxygen atoms in total. The molecule has 0 fully saturated rings. The summed E-state index contributed by atoms with van der Waals surface area (Å²) in [5, 5.41) is 21.1. The van der Waals surface area contributed by atoms with Crippen molar-refractivity contribution in [3.05, 3.63) is 35.9 Å². The third-order valence-corrected chi connectivity index (χ3v) is 4.50. The van der Waals surface area contributed by atoms with Crippen molar-refractivity contribution in [3.63, 3.8) is 0 Å². The van der Waals surface area contributed by atoms with Crippen LogP contribution in [0.4, 0.5) is 11.4 Å². The first-order valence-electron chi connectivity index (χ1n) is 7.72. The number of para-hydroxylation sites is 1. The summed E-state index contributed by atoms with van der Waals surface area (Å²) < 4.78 is 2.14. The summed E-state index contributed by atoms with van der Waals surface area (Å²) in [4.78, 5) is 1.97. The number of benzene rings is 2. The maximum atomic E-state index is 9.77. The first-order chi connectivity index (χ1) is 11.0. The number of rotatable bonds is 4. The van der Waals surface area contributed by atoms with E-state index in [1.807, 2.05) is 44.1 Å². The summed E-state index contributed by atoms with van der Waals surface area (Å²) in [7, 11) is 3.94. The standard InChI is InChI=1S/C18H23N3O2/c1-11-8-15(20(2)9-12(23)10-22)18-16(17(11)19)13-6-4-5-7-14(13)21(18)3/h4-8,12,22-23H,9-10,19H2,1-3H3. The van der Waals surface area contributed by atoms with Crippen molar-refractivity contribution in [2.24, 2.45) is 7.05 Å². The minimum Gasteiger partial charge on any atom is -0.398 e. The van der Waals surface area contributed by atoms with Gasteiger partial charge in [0.1, 0.15) is 0 Å². The van der Waals surface area contributed by atoms with Gasteiger partial charge in [0, 0.05) is 42.6 Å². The quantitative estimate of drug-likeness (QED) is 0.644. The van der Waals surface area contributed by atoms with Gasteiger partial charge in [0.25, 0.3) is 0 Å². The van der Waals surface area contributed by atoms with Crippen LogP contribution in [0.25, 0.3) is 21.8 Å². The van der Waals surface area contributed by atoms with E-state index in [1.165, 1.54) is 0 Å². The number of aliphatic hydroxyl groups excluding tert-OH is 2. The van der Waals surface area contributed by atoms with Crippen LogP contribution in [0, 0.1) is 6.92 Å². The van der Waals surface area contributed by atoms with Gasteiger partial charge < -0.3 is 25.4 Å². The van der Waals surface area contributed by atoms with Crippen LogP contribution < -0.4 is 10.6 Å². The highest BCUT2D eigenvalue weighted by atomic mass is 16.3. The Labute approximate surface area is 135 Å². The topological polar surface area (TPSA) is 74.7 Å². The number of aromatic nitrogens is 1. The Bertz CT molecular complexity index is 870. The second-order valence-corrected chi connectivity index (χ2v) is 6.14. The number of likely N-dealkylation sites (N-methyl/N-ethyl adjacent to an activating group) is 1. The van der Waals surface area contributed by atoms with Gasteiger partial charge in [-0.1, -0.05) is 18.2 Å². The van der Waals surface area contributed by atoms with Crippen molar-refractivity contribution in [3.8, 4) is 0 Å². The fraction of sp³-hybridized carbons (Fsp3) is 0.333. The van der Waals surface area contributed by atoms with Crippen LogP contribution >= 0.6 is 0 Å². The molecule has 0 amide bonds. The number of aliphatic hydroxyl groups is 2. The summed E-state index contributed by atoms with van der Waals surface area (Å²) in [6.45, 7) is 2.10. The van der Waals surface area contributed by atoms with E-state index in [9.17, 15) is 5.11 Å². The van der Waals surface area contributed by atoms with E-state index in [0.717, 1.165) is 38.7 Å². The van der Waals surface area contributed by atoms with Gasteiger partial charge in [0.05, 0.1) is 23.9 Å². The number of nitrogen functional groups attached to an aromatic ring is 1. The molecule has 1 heterocycles. The Morgan fingerprint density at radius 3 is 2.70 bits per heavy atom. The lowest BCUT2D eigenvalue weighted by molar-refractivity contribution is 0.101. The monoisotopic (exact) mass is 313 g/mol. The summed E-state index contributed by atoms with van der Waals surface area (Å²) in [6, 6.07) is 10.2. The SMILES string of the molecule is Cc1cc(N(C)CC(O)CO)c2c(c1N)c1ccccc1n2C. The molecule has 0 bridgehead atoms. The van der Waals surface area contributed by atoms with Crippen LogP contribution in [0.5, 0.6) is 0 Å². The van der Waals surface area contributed by atoms with Crippen LogP contribution in [0.15, 0.2) is 30.3 Å². The zero-order chi connectivity index (χ0) is 16.7. The molecule has 3 rings (SSSR count). The van der Waals surface area contributed by atoms with E-state index in [0.29, 0.717) is 6.54 Å². The number of hydrogen-bond donors (Lipinski definition) is 3. The van der Waals surface area contributed by atoms with Crippen molar-refractivity contribution in [1.29, 1.82) is 0 Å². The maximum Gasteiger partial charge on any atom is 0.0945 e. The molecule has 4 N–H and O–H groups in total. The lowest BCUT2D eigenvalue weighted by atomic mass is 10.0. The molecular formula is C18H23N3O2. The molecule has 2 aromatic carbocycles. The third-order valence-electron chi connectivity index (χ3n) is 4.50. The van der Waals surface area contributed by atoms with Gasteiger partial charge in [0.2, 0.25) is 0 Å². The zero-order valence-electron chi connectivity index (χ0n) is 13.7. The number of anilines is 2. The van der Waals surface area contributed by atoms with Gasteiger partial charge in [-0.15, -0.1) is 0 Å². The first-order valence-corrected chi connectivity index (χ1v) is 7.72. The van der Waals surface area contributed by atoms with Crippen LogP contribution in [0.3, 0.4) is 0 Å². The van der Waals surface area contributed by atoms with Gasteiger partial charge in [0.15, 0.2) is 0 Å². The molecule has 3 aromatic rings. The molecular weight excluding hydrogens is 290 g/mol. The second kappa shape index (κ2) is 5.76. The number of nitrogens with two attached hydrogens (primary N) is 1. The number of aryl methyl sites for hydroxylation is 2. The van der Waals surface area contributed by atoms with E-state index in [1.54, 1.807) is 0 Å². The Balaban J connectivity index is 2.33. The molecule has 0 radical (unpaired) electrons. The van der Waals surface area contributed by atoms with Crippen molar-refractivity contribution in [1.82, 2.24) is 4.57 Å². The second-order valence-electron chi connectivity index (χ2n) is 6.14. The van der Waals surface area contributed by atoms with Crippen molar-refractivity contribution in [2.75, 3.05) is 30.8 Å². The first kappa shape index (κ1) is 15.6. The van der Waals surface area contributed by atoms with Gasteiger partial charge in [-0.3, -0.25) is 0 Å². The molecule has 5 heteroatoms. The molecule has 122 valence electrons.